The maximum absolute atomic E-state index is 13.4. The first-order valence-electron chi connectivity index (χ1n) is 9.47. The molecule has 1 spiro atoms. The van der Waals surface area contributed by atoms with Crippen molar-refractivity contribution in [3.63, 3.8) is 0 Å². The second-order valence-corrected chi connectivity index (χ2v) is 8.32. The van der Waals surface area contributed by atoms with Crippen LogP contribution < -0.4 is 11.1 Å². The molecule has 1 aromatic carbocycles. The Morgan fingerprint density at radius 3 is 2.86 bits per heavy atom. The summed E-state index contributed by atoms with van der Waals surface area (Å²) in [7, 11) is 1.71. The van der Waals surface area contributed by atoms with Crippen molar-refractivity contribution >= 4 is 29.0 Å². The van der Waals surface area contributed by atoms with E-state index >= 15 is 0 Å². The van der Waals surface area contributed by atoms with E-state index in [1.807, 2.05) is 0 Å². The summed E-state index contributed by atoms with van der Waals surface area (Å²) >= 11 is 5.82. The van der Waals surface area contributed by atoms with Gasteiger partial charge in [-0.3, -0.25) is 9.48 Å². The molecule has 5 rings (SSSR count). The molecule has 1 amide bonds. The van der Waals surface area contributed by atoms with Gasteiger partial charge in [0.15, 0.2) is 0 Å². The second kappa shape index (κ2) is 6.38. The van der Waals surface area contributed by atoms with Crippen LogP contribution in [0.5, 0.6) is 0 Å². The minimum Gasteiger partial charge on any atom is -0.456 e. The van der Waals surface area contributed by atoms with E-state index in [4.69, 9.17) is 26.8 Å². The van der Waals surface area contributed by atoms with Gasteiger partial charge in [-0.2, -0.15) is 5.10 Å². The fourth-order valence-corrected chi connectivity index (χ4v) is 5.08. The highest BCUT2D eigenvalue weighted by atomic mass is 35.5. The lowest BCUT2D eigenvalue weighted by atomic mass is 9.70. The number of aryl methyl sites for hydroxylation is 1. The quantitative estimate of drug-likeness (QED) is 0.791. The third-order valence-electron chi connectivity index (χ3n) is 6.31. The molecule has 2 saturated carbocycles. The minimum absolute atomic E-state index is 0.0648. The summed E-state index contributed by atoms with van der Waals surface area (Å²) < 4.78 is 26.3. The molecule has 2 heterocycles. The molecule has 0 saturated heterocycles. The number of nitrogens with zero attached hydrogens (tertiary/aromatic N) is 2. The van der Waals surface area contributed by atoms with Gasteiger partial charge < -0.3 is 20.5 Å². The van der Waals surface area contributed by atoms with Crippen LogP contribution >= 0.6 is 11.6 Å². The highest BCUT2D eigenvalue weighted by Gasteiger charge is 2.63. The maximum Gasteiger partial charge on any atom is 0.261 e. The van der Waals surface area contributed by atoms with Crippen LogP contribution in [0.3, 0.4) is 0 Å². The molecule has 152 valence electrons. The molecule has 2 aromatic rings. The van der Waals surface area contributed by atoms with Crippen LogP contribution in [0.25, 0.3) is 0 Å². The molecule has 1 aromatic heterocycles. The molecule has 3 atom stereocenters. The molecule has 0 radical (unpaired) electrons. The van der Waals surface area contributed by atoms with Crippen molar-refractivity contribution in [1.82, 2.24) is 9.78 Å². The Labute approximate surface area is 171 Å². The molecule has 3 unspecified atom stereocenters. The van der Waals surface area contributed by atoms with Gasteiger partial charge in [0.25, 0.3) is 11.7 Å². The average Bonchev–Trinajstić information content (AvgIpc) is 3.36. The predicted octanol–water partition coefficient (Wildman–Crippen LogP) is 3.77. The normalized spacial score (nSPS) is 26.0. The molecule has 0 bridgehead atoms. The van der Waals surface area contributed by atoms with E-state index < -0.39 is 17.5 Å². The van der Waals surface area contributed by atoms with Crippen molar-refractivity contribution in [1.29, 1.82) is 0 Å². The number of fused-ring (bicyclic) bond motifs is 2. The molecular formula is C20H20ClFN4O3. The number of hydrogen-bond donors (Lipinski definition) is 2. The van der Waals surface area contributed by atoms with Crippen LogP contribution in [0.15, 0.2) is 30.7 Å². The Balaban J connectivity index is 1.40. The van der Waals surface area contributed by atoms with Crippen molar-refractivity contribution in [2.45, 2.75) is 31.0 Å². The summed E-state index contributed by atoms with van der Waals surface area (Å²) in [6, 6.07) is 4.02. The van der Waals surface area contributed by atoms with E-state index in [9.17, 15) is 9.18 Å². The number of nitrogens with two attached hydrogens (primary N) is 1. The average molecular weight is 419 g/mol. The maximum atomic E-state index is 13.4. The standard InChI is InChI=1S/C20H20ClFN4O3/c1-26-18(23)16(19(27)24-12-2-3-15(22)14(21)8-12)17(25-26)10-6-11-9-20(13(11)7-10)28-4-5-29-20/h2-5,8,10-11,13H,6-7,9,23H2,1H3,(H,24,27). The van der Waals surface area contributed by atoms with Crippen molar-refractivity contribution in [3.8, 4) is 0 Å². The van der Waals surface area contributed by atoms with E-state index in [1.54, 1.807) is 19.6 Å². The Kier molecular flexibility index (Phi) is 4.03. The fraction of sp³-hybridized carbons (Fsp3) is 0.400. The second-order valence-electron chi connectivity index (χ2n) is 7.91. The highest BCUT2D eigenvalue weighted by Crippen LogP contribution is 2.61. The summed E-state index contributed by atoms with van der Waals surface area (Å²) in [5.74, 6) is -0.391. The van der Waals surface area contributed by atoms with Crippen LogP contribution in [0.1, 0.15) is 41.2 Å². The number of aromatic nitrogens is 2. The topological polar surface area (TPSA) is 91.4 Å². The van der Waals surface area contributed by atoms with Gasteiger partial charge in [-0.15, -0.1) is 0 Å². The first-order chi connectivity index (χ1) is 13.9. The van der Waals surface area contributed by atoms with E-state index in [0.717, 1.165) is 19.3 Å². The smallest absolute Gasteiger partial charge is 0.261 e. The van der Waals surface area contributed by atoms with Gasteiger partial charge in [-0.25, -0.2) is 4.39 Å². The summed E-state index contributed by atoms with van der Waals surface area (Å²) in [6.07, 6.45) is 5.73. The Morgan fingerprint density at radius 1 is 1.38 bits per heavy atom. The van der Waals surface area contributed by atoms with Crippen molar-refractivity contribution in [2.75, 3.05) is 11.1 Å². The zero-order chi connectivity index (χ0) is 20.3. The van der Waals surface area contributed by atoms with Crippen LogP contribution in [0.2, 0.25) is 5.02 Å². The molecule has 2 fully saturated rings. The number of halogens is 2. The van der Waals surface area contributed by atoms with Gasteiger partial charge in [-0.05, 0) is 37.0 Å². The number of nitrogens with one attached hydrogen (secondary N) is 1. The summed E-state index contributed by atoms with van der Waals surface area (Å²) in [6.45, 7) is 0. The summed E-state index contributed by atoms with van der Waals surface area (Å²) in [5, 5.41) is 7.23. The van der Waals surface area contributed by atoms with Crippen molar-refractivity contribution in [2.24, 2.45) is 18.9 Å². The number of anilines is 2. The molecule has 3 N–H and O–H groups in total. The number of nitrogen functional groups attached to an aromatic ring is 1. The lowest BCUT2D eigenvalue weighted by Crippen LogP contribution is -2.52. The number of carbonyl (C=O) groups is 1. The largest absolute Gasteiger partial charge is 0.456 e. The van der Waals surface area contributed by atoms with Gasteiger partial charge in [0.1, 0.15) is 29.7 Å². The van der Waals surface area contributed by atoms with Crippen LogP contribution in [0, 0.1) is 17.7 Å². The van der Waals surface area contributed by atoms with Crippen LogP contribution in [-0.2, 0) is 16.5 Å². The van der Waals surface area contributed by atoms with E-state index in [0.29, 0.717) is 22.9 Å². The van der Waals surface area contributed by atoms with Gasteiger partial charge >= 0.3 is 0 Å². The fourth-order valence-electron chi connectivity index (χ4n) is 4.90. The molecule has 9 heteroatoms. The molecule has 7 nitrogen and oxygen atoms in total. The highest BCUT2D eigenvalue weighted by molar-refractivity contribution is 6.31. The first kappa shape index (κ1) is 18.3. The van der Waals surface area contributed by atoms with Gasteiger partial charge in [0.05, 0.1) is 10.7 Å². The van der Waals surface area contributed by atoms with Crippen LogP contribution in [0.4, 0.5) is 15.9 Å². The first-order valence-corrected chi connectivity index (χ1v) is 9.85. The van der Waals surface area contributed by atoms with Crippen molar-refractivity contribution in [3.05, 3.63) is 52.8 Å². The summed E-state index contributed by atoms with van der Waals surface area (Å²) in [4.78, 5) is 13.0. The number of ether oxygens (including phenoxy) is 2. The van der Waals surface area contributed by atoms with E-state index in [1.165, 1.54) is 22.9 Å². The number of amides is 1. The molecular weight excluding hydrogens is 399 g/mol. The number of rotatable bonds is 3. The van der Waals surface area contributed by atoms with Gasteiger partial charge in [0.2, 0.25) is 0 Å². The van der Waals surface area contributed by atoms with E-state index in [2.05, 4.69) is 10.4 Å². The third kappa shape index (κ3) is 2.77. The zero-order valence-corrected chi connectivity index (χ0v) is 16.4. The molecule has 29 heavy (non-hydrogen) atoms. The molecule has 2 aliphatic carbocycles. The third-order valence-corrected chi connectivity index (χ3v) is 6.60. The lowest BCUT2D eigenvalue weighted by Gasteiger charge is -2.47. The van der Waals surface area contributed by atoms with Gasteiger partial charge in [-0.1, -0.05) is 11.6 Å². The van der Waals surface area contributed by atoms with Crippen molar-refractivity contribution < 1.29 is 18.7 Å². The minimum atomic E-state index is -0.549. The lowest BCUT2D eigenvalue weighted by molar-refractivity contribution is -0.256. The van der Waals surface area contributed by atoms with Gasteiger partial charge in [0, 0.05) is 31.0 Å². The predicted molar refractivity (Wildman–Crippen MR) is 105 cm³/mol. The Hall–Kier alpha value is -2.74. The van der Waals surface area contributed by atoms with Crippen LogP contribution in [-0.4, -0.2) is 21.5 Å². The van der Waals surface area contributed by atoms with E-state index in [-0.39, 0.29) is 22.7 Å². The summed E-state index contributed by atoms with van der Waals surface area (Å²) in [5.41, 5.74) is 7.58. The number of carbonyl (C=O) groups excluding carboxylic acids is 1. The zero-order valence-electron chi connectivity index (χ0n) is 15.7. The Bertz CT molecular complexity index is 1030. The number of benzene rings is 1. The number of hydrogen-bond acceptors (Lipinski definition) is 5. The SMILES string of the molecule is Cn1nc(C2CC3CC4(OC=CO4)C3C2)c(C(=O)Nc2ccc(F)c(Cl)c2)c1N. The molecule has 1 aliphatic heterocycles. The molecule has 3 aliphatic rings. The Morgan fingerprint density at radius 2 is 2.14 bits per heavy atom. The monoisotopic (exact) mass is 418 g/mol.